The van der Waals surface area contributed by atoms with Crippen molar-refractivity contribution < 1.29 is 23.7 Å². The van der Waals surface area contributed by atoms with Crippen LogP contribution in [0.3, 0.4) is 0 Å². The first-order valence-electron chi connectivity index (χ1n) is 13.4. The van der Waals surface area contributed by atoms with Crippen molar-refractivity contribution in [3.05, 3.63) is 0 Å². The van der Waals surface area contributed by atoms with Crippen molar-refractivity contribution in [3.8, 4) is 0 Å². The van der Waals surface area contributed by atoms with E-state index < -0.39 is 24.6 Å². The Hall–Kier alpha value is -0.260. The Bertz CT molecular complexity index is 481. The number of alkyl halides is 2. The van der Waals surface area contributed by atoms with E-state index in [1.807, 2.05) is 20.8 Å². The van der Waals surface area contributed by atoms with Crippen LogP contribution in [0.5, 0.6) is 0 Å². The summed E-state index contributed by atoms with van der Waals surface area (Å²) in [5.41, 5.74) is 0.675. The molecular weight excluding hydrogens is 422 g/mol. The summed E-state index contributed by atoms with van der Waals surface area (Å²) in [6, 6.07) is 0. The van der Waals surface area contributed by atoms with Gasteiger partial charge in [-0.25, -0.2) is 8.78 Å². The maximum absolute atomic E-state index is 13.1. The van der Waals surface area contributed by atoms with Gasteiger partial charge in [0, 0.05) is 13.2 Å². The van der Waals surface area contributed by atoms with Crippen LogP contribution in [0.15, 0.2) is 0 Å². The van der Waals surface area contributed by atoms with Crippen molar-refractivity contribution >= 4 is 0 Å². The molecule has 1 aliphatic heterocycles. The standard InChI is InChI=1S/C10H19FO.C9H18O.C7H13FO.C2H6/c1-10(2,3)7-4-5-9(12)8(11)6-7;1-9(2,3)8-4-6-10-7-5-8;1-5-2-3-7(9)6(8)4-5;1-2/h7-9,12H,4-6H2,1-3H3;8H,4-7H2,1-3H3;5-7,9H,2-4H2,1H3;1-2H3/t7-,8-,9-;;5-,6-,7-;/m0.1./s1. The van der Waals surface area contributed by atoms with Crippen molar-refractivity contribution in [1.82, 2.24) is 0 Å². The summed E-state index contributed by atoms with van der Waals surface area (Å²) < 4.78 is 31.0. The lowest BCUT2D eigenvalue weighted by molar-refractivity contribution is 0.000313. The zero-order chi connectivity index (χ0) is 25.8. The van der Waals surface area contributed by atoms with Gasteiger partial charge in [0.1, 0.15) is 12.3 Å². The Morgan fingerprint density at radius 3 is 1.39 bits per heavy atom. The highest BCUT2D eigenvalue weighted by molar-refractivity contribution is 4.85. The summed E-state index contributed by atoms with van der Waals surface area (Å²) in [7, 11) is 0. The van der Waals surface area contributed by atoms with Crippen molar-refractivity contribution in [2.75, 3.05) is 13.2 Å². The second-order valence-corrected chi connectivity index (χ2v) is 12.2. The Morgan fingerprint density at radius 1 is 0.636 bits per heavy atom. The third-order valence-electron chi connectivity index (χ3n) is 7.41. The molecule has 0 aromatic rings. The Morgan fingerprint density at radius 2 is 1.06 bits per heavy atom. The first-order valence-corrected chi connectivity index (χ1v) is 13.4. The van der Waals surface area contributed by atoms with Crippen LogP contribution in [0, 0.1) is 28.6 Å². The maximum atomic E-state index is 13.1. The summed E-state index contributed by atoms with van der Waals surface area (Å²) in [5.74, 6) is 1.76. The van der Waals surface area contributed by atoms with E-state index in [1.54, 1.807) is 0 Å². The average molecular weight is 479 g/mol. The summed E-state index contributed by atoms with van der Waals surface area (Å²) >= 11 is 0. The number of rotatable bonds is 0. The van der Waals surface area contributed by atoms with Crippen molar-refractivity contribution in [2.24, 2.45) is 28.6 Å². The van der Waals surface area contributed by atoms with Gasteiger partial charge in [-0.05, 0) is 80.0 Å². The molecule has 6 atom stereocenters. The van der Waals surface area contributed by atoms with Gasteiger partial charge in [0.25, 0.3) is 0 Å². The highest BCUT2D eigenvalue weighted by atomic mass is 19.1. The molecule has 0 aromatic heterocycles. The molecule has 1 saturated heterocycles. The lowest BCUT2D eigenvalue weighted by atomic mass is 9.71. The van der Waals surface area contributed by atoms with E-state index in [0.717, 1.165) is 32.0 Å². The molecule has 33 heavy (non-hydrogen) atoms. The fourth-order valence-corrected chi connectivity index (χ4v) is 4.75. The van der Waals surface area contributed by atoms with Gasteiger partial charge in [-0.2, -0.15) is 0 Å². The Kier molecular flexibility index (Phi) is 15.6. The van der Waals surface area contributed by atoms with Crippen LogP contribution in [-0.2, 0) is 4.74 Å². The van der Waals surface area contributed by atoms with Crippen LogP contribution in [0.25, 0.3) is 0 Å². The molecule has 0 spiro atoms. The van der Waals surface area contributed by atoms with Gasteiger partial charge in [-0.3, -0.25) is 0 Å². The molecule has 0 amide bonds. The van der Waals surface area contributed by atoms with Crippen molar-refractivity contribution in [2.45, 2.75) is 138 Å². The predicted molar refractivity (Wildman–Crippen MR) is 136 cm³/mol. The molecule has 200 valence electrons. The van der Waals surface area contributed by atoms with Crippen LogP contribution in [0.2, 0.25) is 0 Å². The molecular formula is C28H56F2O3. The molecule has 3 aliphatic rings. The second kappa shape index (κ2) is 15.7. The van der Waals surface area contributed by atoms with E-state index in [0.29, 0.717) is 42.9 Å². The minimum absolute atomic E-state index is 0.185. The average Bonchev–Trinajstić information content (AvgIpc) is 2.75. The topological polar surface area (TPSA) is 49.7 Å². The minimum Gasteiger partial charge on any atom is -0.390 e. The third kappa shape index (κ3) is 13.4. The van der Waals surface area contributed by atoms with Crippen LogP contribution in [0.1, 0.15) is 114 Å². The lowest BCUT2D eigenvalue weighted by Crippen LogP contribution is -2.35. The monoisotopic (exact) mass is 478 g/mol. The Labute approximate surface area is 204 Å². The molecule has 5 heteroatoms. The smallest absolute Gasteiger partial charge is 0.126 e. The van der Waals surface area contributed by atoms with Crippen molar-refractivity contribution in [3.63, 3.8) is 0 Å². The van der Waals surface area contributed by atoms with E-state index in [1.165, 1.54) is 12.8 Å². The van der Waals surface area contributed by atoms with E-state index in [2.05, 4.69) is 41.5 Å². The number of hydrogen-bond acceptors (Lipinski definition) is 3. The first-order chi connectivity index (χ1) is 15.2. The highest BCUT2D eigenvalue weighted by Gasteiger charge is 2.35. The normalized spacial score (nSPS) is 33.4. The van der Waals surface area contributed by atoms with Gasteiger partial charge < -0.3 is 14.9 Å². The number of ether oxygens (including phenoxy) is 1. The molecule has 2 N–H and O–H groups in total. The van der Waals surface area contributed by atoms with Gasteiger partial charge in [0.2, 0.25) is 0 Å². The summed E-state index contributed by atoms with van der Waals surface area (Å²) in [4.78, 5) is 0. The van der Waals surface area contributed by atoms with E-state index in [4.69, 9.17) is 9.84 Å². The summed E-state index contributed by atoms with van der Waals surface area (Å²) in [6.45, 7) is 21.4. The zero-order valence-electron chi connectivity index (χ0n) is 23.2. The van der Waals surface area contributed by atoms with Crippen LogP contribution < -0.4 is 0 Å². The zero-order valence-corrected chi connectivity index (χ0v) is 23.2. The Balaban J connectivity index is 0.000000452. The number of aliphatic hydroxyl groups is 2. The van der Waals surface area contributed by atoms with Crippen LogP contribution >= 0.6 is 0 Å². The summed E-state index contributed by atoms with van der Waals surface area (Å²) in [6.07, 6.45) is 3.44. The van der Waals surface area contributed by atoms with Gasteiger partial charge in [0.05, 0.1) is 12.2 Å². The SMILES string of the molecule is CC.CC(C)(C)C1CCOCC1.CC(C)(C)[C@H]1CC[C@H](O)[C@@H](F)C1.C[C@@H]1CC[C@@H](O)[C@H](F)C1. The largest absolute Gasteiger partial charge is 0.390 e. The lowest BCUT2D eigenvalue weighted by Gasteiger charge is -2.37. The molecule has 3 nitrogen and oxygen atoms in total. The molecule has 0 radical (unpaired) electrons. The first kappa shape index (κ1) is 32.7. The third-order valence-corrected chi connectivity index (χ3v) is 7.41. The molecule has 1 heterocycles. The van der Waals surface area contributed by atoms with E-state index >= 15 is 0 Å². The number of aliphatic hydroxyl groups excluding tert-OH is 2. The van der Waals surface area contributed by atoms with Gasteiger partial charge in [-0.1, -0.05) is 62.3 Å². The van der Waals surface area contributed by atoms with Crippen LogP contribution in [-0.4, -0.2) is 48.0 Å². The van der Waals surface area contributed by atoms with Crippen LogP contribution in [0.4, 0.5) is 8.78 Å². The molecule has 3 fully saturated rings. The molecule has 2 saturated carbocycles. The second-order valence-electron chi connectivity index (χ2n) is 12.2. The molecule has 3 rings (SSSR count). The number of hydrogen-bond donors (Lipinski definition) is 2. The van der Waals surface area contributed by atoms with Gasteiger partial charge in [0.15, 0.2) is 0 Å². The summed E-state index contributed by atoms with van der Waals surface area (Å²) in [5, 5.41) is 18.1. The quantitative estimate of drug-likeness (QED) is 0.378. The molecule has 2 aliphatic carbocycles. The van der Waals surface area contributed by atoms with Gasteiger partial charge in [-0.15, -0.1) is 0 Å². The van der Waals surface area contributed by atoms with E-state index in [9.17, 15) is 13.9 Å². The predicted octanol–water partition coefficient (Wildman–Crippen LogP) is 7.52. The van der Waals surface area contributed by atoms with Crippen molar-refractivity contribution in [1.29, 1.82) is 0 Å². The molecule has 0 unspecified atom stereocenters. The molecule has 0 aromatic carbocycles. The fourth-order valence-electron chi connectivity index (χ4n) is 4.75. The maximum Gasteiger partial charge on any atom is 0.126 e. The van der Waals surface area contributed by atoms with Gasteiger partial charge >= 0.3 is 0 Å². The number of halogens is 2. The molecule has 0 bridgehead atoms. The minimum atomic E-state index is -0.997. The fraction of sp³-hybridized carbons (Fsp3) is 1.00. The highest BCUT2D eigenvalue weighted by Crippen LogP contribution is 2.38. The van der Waals surface area contributed by atoms with E-state index in [-0.39, 0.29) is 5.41 Å².